The van der Waals surface area contributed by atoms with Crippen LogP contribution in [0.25, 0.3) is 0 Å². The summed E-state index contributed by atoms with van der Waals surface area (Å²) in [7, 11) is -1.36. The van der Waals surface area contributed by atoms with Crippen LogP contribution in [0.15, 0.2) is 18.2 Å². The normalized spacial score (nSPS) is 11.6. The molecule has 1 rings (SSSR count). The molecule has 0 aliphatic carbocycles. The van der Waals surface area contributed by atoms with E-state index in [9.17, 15) is 13.2 Å². The van der Waals surface area contributed by atoms with Crippen molar-refractivity contribution in [3.05, 3.63) is 23.2 Å². The quantitative estimate of drug-likeness (QED) is 0.758. The Balaban J connectivity index is 2.51. The highest BCUT2D eigenvalue weighted by atomic mass is 35.5. The Labute approximate surface area is 123 Å². The van der Waals surface area contributed by atoms with Gasteiger partial charge in [0, 0.05) is 17.8 Å². The van der Waals surface area contributed by atoms with Crippen LogP contribution in [0.4, 0.5) is 11.4 Å². The molecular formula is C12H18ClN3O3S. The van der Waals surface area contributed by atoms with Gasteiger partial charge in [0.1, 0.15) is 9.84 Å². The van der Waals surface area contributed by atoms with Crippen LogP contribution < -0.4 is 11.1 Å². The van der Waals surface area contributed by atoms with Gasteiger partial charge in [-0.05, 0) is 25.2 Å². The van der Waals surface area contributed by atoms with Crippen molar-refractivity contribution in [3.8, 4) is 0 Å². The first-order valence-electron chi connectivity index (χ1n) is 5.88. The Morgan fingerprint density at radius 3 is 2.65 bits per heavy atom. The van der Waals surface area contributed by atoms with E-state index in [1.165, 1.54) is 0 Å². The second kappa shape index (κ2) is 6.92. The Morgan fingerprint density at radius 2 is 2.10 bits per heavy atom. The van der Waals surface area contributed by atoms with Crippen molar-refractivity contribution >= 4 is 38.7 Å². The molecule has 0 saturated carbocycles. The van der Waals surface area contributed by atoms with Gasteiger partial charge in [-0.25, -0.2) is 8.42 Å². The van der Waals surface area contributed by atoms with E-state index in [4.69, 9.17) is 17.3 Å². The lowest BCUT2D eigenvalue weighted by atomic mass is 10.2. The van der Waals surface area contributed by atoms with Crippen molar-refractivity contribution < 1.29 is 13.2 Å². The third kappa shape index (κ3) is 6.23. The fraction of sp³-hybridized carbons (Fsp3) is 0.417. The molecule has 0 saturated heterocycles. The van der Waals surface area contributed by atoms with Gasteiger partial charge in [0.05, 0.1) is 23.7 Å². The molecule has 0 spiro atoms. The summed E-state index contributed by atoms with van der Waals surface area (Å²) < 4.78 is 22.1. The summed E-state index contributed by atoms with van der Waals surface area (Å²) in [6.07, 6.45) is 1.16. The lowest BCUT2D eigenvalue weighted by molar-refractivity contribution is -0.117. The number of nitrogens with one attached hydrogen (secondary N) is 1. The van der Waals surface area contributed by atoms with E-state index in [1.807, 2.05) is 0 Å². The molecule has 6 nitrogen and oxygen atoms in total. The molecule has 3 N–H and O–H groups in total. The van der Waals surface area contributed by atoms with Crippen molar-refractivity contribution in [1.82, 2.24) is 4.90 Å². The van der Waals surface area contributed by atoms with Crippen LogP contribution in [0, 0.1) is 0 Å². The molecule has 1 aromatic carbocycles. The largest absolute Gasteiger partial charge is 0.397 e. The van der Waals surface area contributed by atoms with Crippen LogP contribution in [-0.4, -0.2) is 51.4 Å². The summed E-state index contributed by atoms with van der Waals surface area (Å²) >= 11 is 5.76. The predicted octanol–water partition coefficient (Wildman–Crippen LogP) is 0.837. The number of nitrogens with two attached hydrogens (primary N) is 1. The zero-order chi connectivity index (χ0) is 15.3. The minimum absolute atomic E-state index is 0.0138. The van der Waals surface area contributed by atoms with E-state index in [2.05, 4.69) is 5.32 Å². The fourth-order valence-electron chi connectivity index (χ4n) is 1.48. The number of likely N-dealkylation sites (N-methyl/N-ethyl adjacent to an activating group) is 1. The second-order valence-corrected chi connectivity index (χ2v) is 7.34. The molecule has 0 fully saturated rings. The monoisotopic (exact) mass is 319 g/mol. The van der Waals surface area contributed by atoms with Gasteiger partial charge in [0.25, 0.3) is 0 Å². The smallest absolute Gasteiger partial charge is 0.238 e. The molecule has 20 heavy (non-hydrogen) atoms. The molecule has 0 bridgehead atoms. The molecule has 0 aromatic heterocycles. The summed E-state index contributed by atoms with van der Waals surface area (Å²) in [6, 6.07) is 4.79. The van der Waals surface area contributed by atoms with E-state index < -0.39 is 9.84 Å². The average molecular weight is 320 g/mol. The molecule has 8 heteroatoms. The van der Waals surface area contributed by atoms with Crippen molar-refractivity contribution in [2.24, 2.45) is 0 Å². The minimum atomic E-state index is -3.03. The first kappa shape index (κ1) is 16.7. The number of hydrogen-bond acceptors (Lipinski definition) is 5. The van der Waals surface area contributed by atoms with Crippen LogP contribution in [0.5, 0.6) is 0 Å². The number of halogens is 1. The van der Waals surface area contributed by atoms with Crippen LogP contribution in [0.1, 0.15) is 0 Å². The highest BCUT2D eigenvalue weighted by molar-refractivity contribution is 7.90. The second-order valence-electron chi connectivity index (χ2n) is 4.65. The Hall–Kier alpha value is -1.31. The third-order valence-corrected chi connectivity index (χ3v) is 3.70. The number of carbonyl (C=O) groups is 1. The number of amides is 1. The highest BCUT2D eigenvalue weighted by Crippen LogP contribution is 2.22. The third-order valence-electron chi connectivity index (χ3n) is 2.55. The maximum absolute atomic E-state index is 11.8. The van der Waals surface area contributed by atoms with Crippen molar-refractivity contribution in [2.45, 2.75) is 0 Å². The van der Waals surface area contributed by atoms with Gasteiger partial charge in [0.15, 0.2) is 0 Å². The van der Waals surface area contributed by atoms with Gasteiger partial charge in [-0.3, -0.25) is 9.69 Å². The van der Waals surface area contributed by atoms with E-state index in [1.54, 1.807) is 30.1 Å². The summed E-state index contributed by atoms with van der Waals surface area (Å²) in [4.78, 5) is 13.4. The molecule has 0 aliphatic heterocycles. The molecule has 0 aliphatic rings. The predicted molar refractivity (Wildman–Crippen MR) is 81.7 cm³/mol. The number of nitrogens with zero attached hydrogens (tertiary/aromatic N) is 1. The van der Waals surface area contributed by atoms with Gasteiger partial charge in [0.2, 0.25) is 5.91 Å². The average Bonchev–Trinajstić information content (AvgIpc) is 2.29. The van der Waals surface area contributed by atoms with Gasteiger partial charge < -0.3 is 11.1 Å². The topological polar surface area (TPSA) is 92.5 Å². The Morgan fingerprint density at radius 1 is 1.45 bits per heavy atom. The maximum atomic E-state index is 11.8. The van der Waals surface area contributed by atoms with Gasteiger partial charge in [-0.2, -0.15) is 0 Å². The molecule has 0 atom stereocenters. The molecule has 1 amide bonds. The van der Waals surface area contributed by atoms with Crippen molar-refractivity contribution in [1.29, 1.82) is 0 Å². The molecule has 112 valence electrons. The molecule has 1 aromatic rings. The number of carbonyl (C=O) groups excluding carboxylic acids is 1. The standard InChI is InChI=1S/C12H18ClN3O3S/c1-16(5-6-20(2,18)19)8-12(17)15-11-4-3-9(13)7-10(11)14/h3-4,7H,5-6,8,14H2,1-2H3,(H,15,17). The van der Waals surface area contributed by atoms with Crippen molar-refractivity contribution in [2.75, 3.05) is 43.2 Å². The first-order chi connectivity index (χ1) is 9.17. The van der Waals surface area contributed by atoms with Crippen LogP contribution in [0.2, 0.25) is 5.02 Å². The number of nitrogen functional groups attached to an aromatic ring is 1. The lowest BCUT2D eigenvalue weighted by Crippen LogP contribution is -2.33. The van der Waals surface area contributed by atoms with E-state index in [-0.39, 0.29) is 18.2 Å². The number of hydrogen-bond donors (Lipinski definition) is 2. The highest BCUT2D eigenvalue weighted by Gasteiger charge is 2.11. The van der Waals surface area contributed by atoms with Crippen molar-refractivity contribution in [3.63, 3.8) is 0 Å². The molecular weight excluding hydrogens is 302 g/mol. The van der Waals surface area contributed by atoms with Gasteiger partial charge >= 0.3 is 0 Å². The van der Waals surface area contributed by atoms with E-state index in [0.717, 1.165) is 6.26 Å². The Bertz CT molecular complexity index is 590. The van der Waals surface area contributed by atoms with Gasteiger partial charge in [-0.1, -0.05) is 11.6 Å². The molecule has 0 radical (unpaired) electrons. The van der Waals surface area contributed by atoms with Crippen LogP contribution in [-0.2, 0) is 14.6 Å². The number of sulfone groups is 1. The van der Waals surface area contributed by atoms with E-state index in [0.29, 0.717) is 22.9 Å². The fourth-order valence-corrected chi connectivity index (χ4v) is 2.31. The summed E-state index contributed by atoms with van der Waals surface area (Å²) in [5.74, 6) is -0.255. The number of benzene rings is 1. The number of rotatable bonds is 6. The van der Waals surface area contributed by atoms with Gasteiger partial charge in [-0.15, -0.1) is 0 Å². The minimum Gasteiger partial charge on any atom is -0.397 e. The summed E-state index contributed by atoms with van der Waals surface area (Å²) in [6.45, 7) is 0.375. The SMILES string of the molecule is CN(CCS(C)(=O)=O)CC(=O)Nc1ccc(Cl)cc1N. The molecule has 0 unspecified atom stereocenters. The maximum Gasteiger partial charge on any atom is 0.238 e. The lowest BCUT2D eigenvalue weighted by Gasteiger charge is -2.16. The van der Waals surface area contributed by atoms with E-state index >= 15 is 0 Å². The number of anilines is 2. The Kier molecular flexibility index (Phi) is 5.79. The van der Waals surface area contributed by atoms with Crippen LogP contribution >= 0.6 is 11.6 Å². The summed E-state index contributed by atoms with van der Waals surface area (Å²) in [5, 5.41) is 3.14. The summed E-state index contributed by atoms with van der Waals surface area (Å²) in [5.41, 5.74) is 6.59. The molecule has 0 heterocycles. The van der Waals surface area contributed by atoms with Crippen LogP contribution in [0.3, 0.4) is 0 Å². The first-order valence-corrected chi connectivity index (χ1v) is 8.32. The zero-order valence-electron chi connectivity index (χ0n) is 11.4. The zero-order valence-corrected chi connectivity index (χ0v) is 13.0.